The molecule has 0 spiro atoms. The maximum absolute atomic E-state index is 13.2. The summed E-state index contributed by atoms with van der Waals surface area (Å²) in [6.07, 6.45) is 1.18. The van der Waals surface area contributed by atoms with Crippen molar-refractivity contribution in [1.29, 1.82) is 0 Å². The number of carbonyl (C=O) groups is 2. The van der Waals surface area contributed by atoms with Gasteiger partial charge in [-0.15, -0.1) is 0 Å². The molecule has 0 fully saturated rings. The Bertz CT molecular complexity index is 882. The average molecular weight is 434 g/mol. The quantitative estimate of drug-likeness (QED) is 0.722. The fourth-order valence-electron chi connectivity index (χ4n) is 4.06. The molecule has 0 bridgehead atoms. The van der Waals surface area contributed by atoms with Gasteiger partial charge in [0.25, 0.3) is 0 Å². The Balaban J connectivity index is 2.28. The molecule has 0 saturated carbocycles. The average Bonchev–Trinajstić information content (AvgIpc) is 2.58. The molecule has 1 aromatic rings. The second-order valence-corrected chi connectivity index (χ2v) is 8.72. The number of nitrogens with one attached hydrogen (secondary N) is 1. The molecule has 1 heterocycles. The number of esters is 1. The van der Waals surface area contributed by atoms with Crippen LogP contribution in [0.2, 0.25) is 0 Å². The van der Waals surface area contributed by atoms with Crippen LogP contribution in [-0.2, 0) is 14.3 Å². The number of carbonyl (C=O) groups excluding carboxylic acids is 2. The van der Waals surface area contributed by atoms with Crippen molar-refractivity contribution in [3.63, 3.8) is 0 Å². The van der Waals surface area contributed by atoms with Crippen LogP contribution in [0, 0.1) is 5.41 Å². The summed E-state index contributed by atoms with van der Waals surface area (Å²) in [6, 6.07) is 5.62. The molecule has 0 radical (unpaired) electrons. The van der Waals surface area contributed by atoms with E-state index in [0.717, 1.165) is 22.2 Å². The second kappa shape index (κ2) is 7.15. The summed E-state index contributed by atoms with van der Waals surface area (Å²) in [5, 5.41) is 3.31. The normalized spacial score (nSPS) is 21.6. The third-order valence-electron chi connectivity index (χ3n) is 5.15. The summed E-state index contributed by atoms with van der Waals surface area (Å²) in [5.74, 6) is -0.292. The van der Waals surface area contributed by atoms with Gasteiger partial charge < -0.3 is 14.8 Å². The lowest BCUT2D eigenvalue weighted by Crippen LogP contribution is -2.38. The van der Waals surface area contributed by atoms with Crippen molar-refractivity contribution in [2.75, 3.05) is 14.2 Å². The first-order chi connectivity index (χ1) is 12.7. The maximum Gasteiger partial charge on any atom is 0.336 e. The van der Waals surface area contributed by atoms with Gasteiger partial charge in [-0.1, -0.05) is 29.8 Å². The summed E-state index contributed by atoms with van der Waals surface area (Å²) in [7, 11) is 2.94. The highest BCUT2D eigenvalue weighted by molar-refractivity contribution is 9.10. The van der Waals surface area contributed by atoms with Crippen molar-refractivity contribution in [3.8, 4) is 5.75 Å². The van der Waals surface area contributed by atoms with Crippen molar-refractivity contribution in [3.05, 3.63) is 50.8 Å². The summed E-state index contributed by atoms with van der Waals surface area (Å²) in [6.45, 7) is 6.01. The number of dihydropyridines is 1. The van der Waals surface area contributed by atoms with Gasteiger partial charge in [0.15, 0.2) is 5.78 Å². The second-order valence-electron chi connectivity index (χ2n) is 7.81. The number of hydrogen-bond acceptors (Lipinski definition) is 5. The molecule has 1 aromatic carbocycles. The topological polar surface area (TPSA) is 64.6 Å². The van der Waals surface area contributed by atoms with Gasteiger partial charge in [0.05, 0.1) is 25.7 Å². The van der Waals surface area contributed by atoms with Crippen LogP contribution in [0.5, 0.6) is 5.75 Å². The first-order valence-electron chi connectivity index (χ1n) is 8.84. The van der Waals surface area contributed by atoms with Crippen LogP contribution in [0.25, 0.3) is 0 Å². The first-order valence-corrected chi connectivity index (χ1v) is 9.63. The molecule has 3 rings (SSSR count). The lowest BCUT2D eigenvalue weighted by Gasteiger charge is -2.39. The van der Waals surface area contributed by atoms with E-state index < -0.39 is 11.9 Å². The van der Waals surface area contributed by atoms with Crippen LogP contribution in [0.3, 0.4) is 0 Å². The molecule has 2 aliphatic rings. The number of Topliss-reactive ketones (excluding diaryl/α,β-unsaturated/α-hetero) is 1. The van der Waals surface area contributed by atoms with Gasteiger partial charge in [0.1, 0.15) is 5.75 Å². The molecule has 1 atom stereocenters. The number of hydrogen-bond donors (Lipinski definition) is 1. The molecule has 1 aliphatic heterocycles. The first kappa shape index (κ1) is 19.7. The maximum atomic E-state index is 13.2. The highest BCUT2D eigenvalue weighted by Gasteiger charge is 2.43. The van der Waals surface area contributed by atoms with E-state index in [2.05, 4.69) is 35.1 Å². The molecule has 0 saturated heterocycles. The van der Waals surface area contributed by atoms with Gasteiger partial charge >= 0.3 is 5.97 Å². The van der Waals surface area contributed by atoms with Gasteiger partial charge in [-0.05, 0) is 37.0 Å². The molecule has 1 N–H and O–H groups in total. The number of ether oxygens (including phenoxy) is 2. The highest BCUT2D eigenvalue weighted by atomic mass is 79.9. The lowest BCUT2D eigenvalue weighted by molar-refractivity contribution is -0.136. The monoisotopic (exact) mass is 433 g/mol. The Morgan fingerprint density at radius 2 is 1.96 bits per heavy atom. The molecule has 144 valence electrons. The fourth-order valence-corrected chi connectivity index (χ4v) is 4.44. The molecule has 0 amide bonds. The minimum Gasteiger partial charge on any atom is -0.496 e. The summed E-state index contributed by atoms with van der Waals surface area (Å²) in [4.78, 5) is 25.8. The molecule has 27 heavy (non-hydrogen) atoms. The van der Waals surface area contributed by atoms with E-state index in [0.29, 0.717) is 29.0 Å². The van der Waals surface area contributed by atoms with Crippen LogP contribution >= 0.6 is 15.9 Å². The zero-order valence-electron chi connectivity index (χ0n) is 16.2. The Labute approximate surface area is 167 Å². The molecule has 5 nitrogen and oxygen atoms in total. The summed E-state index contributed by atoms with van der Waals surface area (Å²) >= 11 is 3.50. The number of halogens is 1. The van der Waals surface area contributed by atoms with Gasteiger partial charge in [0.2, 0.25) is 0 Å². The van der Waals surface area contributed by atoms with Crippen molar-refractivity contribution in [2.24, 2.45) is 5.41 Å². The number of benzene rings is 1. The standard InChI is InChI=1S/C21H24BrNO4/c1-11-17(20(25)27-5)18(13-8-12(22)6-7-16(13)26-4)19-14(23-11)9-21(2,3)10-15(19)24/h6-8,18,23H,9-10H2,1-5H3. The van der Waals surface area contributed by atoms with Crippen LogP contribution in [0.4, 0.5) is 0 Å². The summed E-state index contributed by atoms with van der Waals surface area (Å²) in [5.41, 5.74) is 3.32. The molecule has 0 aromatic heterocycles. The van der Waals surface area contributed by atoms with E-state index in [-0.39, 0.29) is 11.2 Å². The van der Waals surface area contributed by atoms with E-state index >= 15 is 0 Å². The predicted molar refractivity (Wildman–Crippen MR) is 106 cm³/mol. The van der Waals surface area contributed by atoms with Gasteiger partial charge in [0, 0.05) is 33.4 Å². The van der Waals surface area contributed by atoms with Gasteiger partial charge in [-0.2, -0.15) is 0 Å². The highest BCUT2D eigenvalue weighted by Crippen LogP contribution is 2.48. The largest absolute Gasteiger partial charge is 0.496 e. The van der Waals surface area contributed by atoms with E-state index in [1.807, 2.05) is 25.1 Å². The molecule has 1 unspecified atom stereocenters. The number of methoxy groups -OCH3 is 2. The van der Waals surface area contributed by atoms with E-state index in [4.69, 9.17) is 9.47 Å². The van der Waals surface area contributed by atoms with Crippen molar-refractivity contribution in [2.45, 2.75) is 39.5 Å². The molecular formula is C21H24BrNO4. The van der Waals surface area contributed by atoms with Crippen LogP contribution in [0.1, 0.15) is 45.1 Å². The van der Waals surface area contributed by atoms with Crippen molar-refractivity contribution < 1.29 is 19.1 Å². The molecular weight excluding hydrogens is 410 g/mol. The summed E-state index contributed by atoms with van der Waals surface area (Å²) < 4.78 is 11.5. The van der Waals surface area contributed by atoms with Crippen LogP contribution < -0.4 is 10.1 Å². The third kappa shape index (κ3) is 3.55. The van der Waals surface area contributed by atoms with Crippen molar-refractivity contribution >= 4 is 27.7 Å². The zero-order chi connectivity index (χ0) is 19.9. The zero-order valence-corrected chi connectivity index (χ0v) is 17.8. The number of rotatable bonds is 3. The Morgan fingerprint density at radius 3 is 2.59 bits per heavy atom. The Hall–Kier alpha value is -2.08. The van der Waals surface area contributed by atoms with E-state index in [1.54, 1.807) is 7.11 Å². The van der Waals surface area contributed by atoms with Gasteiger partial charge in [-0.3, -0.25) is 4.79 Å². The fraction of sp³-hybridized carbons (Fsp3) is 0.429. The van der Waals surface area contributed by atoms with Crippen molar-refractivity contribution in [1.82, 2.24) is 5.32 Å². The smallest absolute Gasteiger partial charge is 0.336 e. The van der Waals surface area contributed by atoms with Crippen LogP contribution in [-0.4, -0.2) is 26.0 Å². The molecule has 6 heteroatoms. The lowest BCUT2D eigenvalue weighted by atomic mass is 9.68. The SMILES string of the molecule is COC(=O)C1=C(C)NC2=C(C(=O)CC(C)(C)C2)C1c1cc(Br)ccc1OC. The molecule has 1 aliphatic carbocycles. The minimum absolute atomic E-state index is 0.0506. The predicted octanol–water partition coefficient (Wildman–Crippen LogP) is 4.23. The van der Waals surface area contributed by atoms with E-state index in [1.165, 1.54) is 7.11 Å². The van der Waals surface area contributed by atoms with Crippen LogP contribution in [0.15, 0.2) is 45.2 Å². The number of allylic oxidation sites excluding steroid dienone is 3. The van der Waals surface area contributed by atoms with E-state index in [9.17, 15) is 9.59 Å². The minimum atomic E-state index is -0.523. The van der Waals surface area contributed by atoms with Gasteiger partial charge in [-0.25, -0.2) is 4.79 Å². The third-order valence-corrected chi connectivity index (χ3v) is 5.64. The Morgan fingerprint density at radius 1 is 1.26 bits per heavy atom. The number of ketones is 1. The Kier molecular flexibility index (Phi) is 5.21.